The summed E-state index contributed by atoms with van der Waals surface area (Å²) >= 11 is 3.00. The molecule has 0 aliphatic rings. The number of aromatic hydroxyl groups is 1. The molecule has 0 radical (unpaired) electrons. The minimum absolute atomic E-state index is 0.314. The minimum atomic E-state index is -0.919. The van der Waals surface area contributed by atoms with Crippen LogP contribution in [-0.2, 0) is 19.1 Å². The van der Waals surface area contributed by atoms with Crippen LogP contribution in [0.3, 0.4) is 0 Å². The van der Waals surface area contributed by atoms with E-state index in [1.807, 2.05) is 0 Å². The van der Waals surface area contributed by atoms with E-state index < -0.39 is 23.5 Å². The monoisotopic (exact) mass is 347 g/mol. The molecule has 1 rings (SSSR count). The third kappa shape index (κ3) is 3.95. The first kappa shape index (κ1) is 16.0. The predicted octanol–water partition coefficient (Wildman–Crippen LogP) is 1.94. The van der Waals surface area contributed by atoms with E-state index in [1.54, 1.807) is 0 Å². The molecule has 0 fully saturated rings. The van der Waals surface area contributed by atoms with E-state index in [2.05, 4.69) is 30.7 Å². The zero-order valence-electron chi connectivity index (χ0n) is 10.6. The van der Waals surface area contributed by atoms with E-state index in [0.717, 1.165) is 26.4 Å². The number of nitrogens with one attached hydrogen (secondary N) is 1. The lowest BCUT2D eigenvalue weighted by Crippen LogP contribution is -2.16. The van der Waals surface area contributed by atoms with Crippen LogP contribution in [-0.4, -0.2) is 31.3 Å². The highest BCUT2D eigenvalue weighted by molar-refractivity contribution is 9.10. The second-order valence-electron chi connectivity index (χ2n) is 3.48. The molecule has 1 aromatic carbocycles. The number of carbonyl (C=O) groups excluding carboxylic acids is 2. The second kappa shape index (κ2) is 6.90. The van der Waals surface area contributed by atoms with Gasteiger partial charge >= 0.3 is 11.9 Å². The highest BCUT2D eigenvalue weighted by Crippen LogP contribution is 2.31. The number of rotatable bonds is 4. The average molecular weight is 348 g/mol. The number of halogens is 2. The number of phenolic OH excluding ortho intramolecular Hbond substituents is 1. The Labute approximate surface area is 122 Å². The topological polar surface area (TPSA) is 84.9 Å². The quantitative estimate of drug-likeness (QED) is 0.491. The lowest BCUT2D eigenvalue weighted by atomic mass is 10.2. The van der Waals surface area contributed by atoms with Gasteiger partial charge in [0, 0.05) is 4.47 Å². The zero-order chi connectivity index (χ0) is 15.3. The molecule has 0 aromatic heterocycles. The summed E-state index contributed by atoms with van der Waals surface area (Å²) in [5.74, 6) is -3.03. The number of anilines is 1. The van der Waals surface area contributed by atoms with Gasteiger partial charge in [0.05, 0.1) is 20.3 Å². The fourth-order valence-electron chi connectivity index (χ4n) is 1.25. The van der Waals surface area contributed by atoms with Crippen LogP contribution in [0, 0.1) is 5.82 Å². The maximum Gasteiger partial charge on any atom is 0.354 e. The Morgan fingerprint density at radius 3 is 2.50 bits per heavy atom. The number of benzene rings is 1. The van der Waals surface area contributed by atoms with Crippen LogP contribution in [0.15, 0.2) is 28.4 Å². The van der Waals surface area contributed by atoms with Gasteiger partial charge < -0.3 is 19.9 Å². The third-order valence-electron chi connectivity index (χ3n) is 2.16. The molecular weight excluding hydrogens is 337 g/mol. The standard InChI is InChI=1S/C12H11BrFNO5/c1-19-10(17)5-8(12(18)20-2)15-11-7(14)3-6(13)4-9(11)16/h3-5,15-16H,1-2H3/b8-5+. The molecule has 0 saturated carbocycles. The maximum atomic E-state index is 13.7. The molecule has 20 heavy (non-hydrogen) atoms. The molecule has 108 valence electrons. The molecule has 0 amide bonds. The van der Waals surface area contributed by atoms with Crippen molar-refractivity contribution in [3.63, 3.8) is 0 Å². The van der Waals surface area contributed by atoms with Crippen molar-refractivity contribution in [1.29, 1.82) is 0 Å². The molecule has 0 spiro atoms. The molecule has 0 aliphatic carbocycles. The predicted molar refractivity (Wildman–Crippen MR) is 71.5 cm³/mol. The number of ether oxygens (including phenoxy) is 2. The van der Waals surface area contributed by atoms with Gasteiger partial charge in [-0.2, -0.15) is 0 Å². The number of phenols is 1. The van der Waals surface area contributed by atoms with Crippen LogP contribution >= 0.6 is 15.9 Å². The van der Waals surface area contributed by atoms with Crippen LogP contribution in [0.5, 0.6) is 5.75 Å². The summed E-state index contributed by atoms with van der Waals surface area (Å²) in [6, 6.07) is 2.30. The van der Waals surface area contributed by atoms with E-state index in [1.165, 1.54) is 6.07 Å². The third-order valence-corrected chi connectivity index (χ3v) is 2.62. The smallest absolute Gasteiger partial charge is 0.354 e. The first-order chi connectivity index (χ1) is 9.38. The fraction of sp³-hybridized carbons (Fsp3) is 0.167. The van der Waals surface area contributed by atoms with Gasteiger partial charge in [0.15, 0.2) is 5.82 Å². The van der Waals surface area contributed by atoms with E-state index >= 15 is 0 Å². The number of carbonyl (C=O) groups is 2. The molecule has 1 aromatic rings. The van der Waals surface area contributed by atoms with Crippen molar-refractivity contribution in [3.8, 4) is 5.75 Å². The SMILES string of the molecule is COC(=O)/C=C(/Nc1c(O)cc(Br)cc1F)C(=O)OC. The lowest BCUT2D eigenvalue weighted by Gasteiger charge is -2.11. The van der Waals surface area contributed by atoms with E-state index in [0.29, 0.717) is 4.47 Å². The van der Waals surface area contributed by atoms with Crippen LogP contribution in [0.1, 0.15) is 0 Å². The number of esters is 2. The fourth-order valence-corrected chi connectivity index (χ4v) is 1.67. The van der Waals surface area contributed by atoms with Gasteiger partial charge in [-0.25, -0.2) is 14.0 Å². The first-order valence-corrected chi connectivity index (χ1v) is 6.01. The molecule has 6 nitrogen and oxygen atoms in total. The van der Waals surface area contributed by atoms with Crippen molar-refractivity contribution in [2.75, 3.05) is 19.5 Å². The molecule has 2 N–H and O–H groups in total. The van der Waals surface area contributed by atoms with Crippen molar-refractivity contribution >= 4 is 33.6 Å². The molecular formula is C12H11BrFNO5. The summed E-state index contributed by atoms with van der Waals surface area (Å²) in [7, 11) is 2.21. The van der Waals surface area contributed by atoms with E-state index in [9.17, 15) is 19.1 Å². The summed E-state index contributed by atoms with van der Waals surface area (Å²) < 4.78 is 22.8. The molecule has 0 bridgehead atoms. The molecule has 0 atom stereocenters. The number of methoxy groups -OCH3 is 2. The largest absolute Gasteiger partial charge is 0.506 e. The Bertz CT molecular complexity index is 550. The van der Waals surface area contributed by atoms with E-state index in [-0.39, 0.29) is 11.4 Å². The first-order valence-electron chi connectivity index (χ1n) is 5.22. The van der Waals surface area contributed by atoms with Crippen molar-refractivity contribution in [2.45, 2.75) is 0 Å². The van der Waals surface area contributed by atoms with Gasteiger partial charge in [-0.1, -0.05) is 15.9 Å². The molecule has 0 unspecified atom stereocenters. The van der Waals surface area contributed by atoms with Gasteiger partial charge in [0.1, 0.15) is 17.1 Å². The van der Waals surface area contributed by atoms with Gasteiger partial charge in [-0.15, -0.1) is 0 Å². The Hall–Kier alpha value is -2.09. The number of hydrogen-bond donors (Lipinski definition) is 2. The molecule has 0 aliphatic heterocycles. The highest BCUT2D eigenvalue weighted by atomic mass is 79.9. The summed E-state index contributed by atoms with van der Waals surface area (Å²) in [5.41, 5.74) is -0.746. The summed E-state index contributed by atoms with van der Waals surface area (Å²) in [4.78, 5) is 22.6. The van der Waals surface area contributed by atoms with Crippen molar-refractivity contribution in [3.05, 3.63) is 34.2 Å². The minimum Gasteiger partial charge on any atom is -0.506 e. The Morgan fingerprint density at radius 2 is 2.00 bits per heavy atom. The van der Waals surface area contributed by atoms with Gasteiger partial charge in [0.2, 0.25) is 0 Å². The number of hydrogen-bond acceptors (Lipinski definition) is 6. The van der Waals surface area contributed by atoms with Crippen molar-refractivity contribution < 1.29 is 28.6 Å². The summed E-state index contributed by atoms with van der Waals surface area (Å²) in [6.07, 6.45) is 0.784. The van der Waals surface area contributed by atoms with E-state index in [4.69, 9.17) is 0 Å². The Kier molecular flexibility index (Phi) is 5.51. The van der Waals surface area contributed by atoms with Crippen LogP contribution in [0.25, 0.3) is 0 Å². The maximum absolute atomic E-state index is 13.7. The van der Waals surface area contributed by atoms with Gasteiger partial charge in [0.25, 0.3) is 0 Å². The summed E-state index contributed by atoms with van der Waals surface area (Å²) in [5, 5.41) is 11.9. The molecule has 0 heterocycles. The van der Waals surface area contributed by atoms with Crippen molar-refractivity contribution in [1.82, 2.24) is 0 Å². The van der Waals surface area contributed by atoms with Gasteiger partial charge in [-0.05, 0) is 12.1 Å². The van der Waals surface area contributed by atoms with Crippen molar-refractivity contribution in [2.24, 2.45) is 0 Å². The van der Waals surface area contributed by atoms with Crippen LogP contribution < -0.4 is 5.32 Å². The normalized spacial score (nSPS) is 10.9. The average Bonchev–Trinajstić information content (AvgIpc) is 2.40. The Morgan fingerprint density at radius 1 is 1.35 bits per heavy atom. The second-order valence-corrected chi connectivity index (χ2v) is 4.40. The van der Waals surface area contributed by atoms with Gasteiger partial charge in [-0.3, -0.25) is 0 Å². The molecule has 0 saturated heterocycles. The highest BCUT2D eigenvalue weighted by Gasteiger charge is 2.17. The van der Waals surface area contributed by atoms with Crippen LogP contribution in [0.4, 0.5) is 10.1 Å². The zero-order valence-corrected chi connectivity index (χ0v) is 12.2. The summed E-state index contributed by atoms with van der Waals surface area (Å²) in [6.45, 7) is 0. The van der Waals surface area contributed by atoms with Crippen LogP contribution in [0.2, 0.25) is 0 Å². The molecule has 8 heteroatoms. The Balaban J connectivity index is 3.17. The lowest BCUT2D eigenvalue weighted by molar-refractivity contribution is -0.138.